The van der Waals surface area contributed by atoms with Crippen LogP contribution in [-0.4, -0.2) is 25.4 Å². The van der Waals surface area contributed by atoms with Crippen molar-refractivity contribution in [2.45, 2.75) is 25.9 Å². The number of allylic oxidation sites excluding steroid dienone is 2. The molecule has 1 aliphatic carbocycles. The summed E-state index contributed by atoms with van der Waals surface area (Å²) >= 11 is 0. The van der Waals surface area contributed by atoms with Gasteiger partial charge in [-0.25, -0.2) is 4.52 Å². The first-order valence-corrected chi connectivity index (χ1v) is 10.5. The minimum absolute atomic E-state index is 0.0773. The fourth-order valence-electron chi connectivity index (χ4n) is 4.11. The van der Waals surface area contributed by atoms with Crippen molar-refractivity contribution in [3.8, 4) is 11.1 Å². The molecule has 1 unspecified atom stereocenters. The van der Waals surface area contributed by atoms with E-state index in [2.05, 4.69) is 28.4 Å². The summed E-state index contributed by atoms with van der Waals surface area (Å²) in [6.45, 7) is 0.333. The topological polar surface area (TPSA) is 61.4 Å². The fourth-order valence-corrected chi connectivity index (χ4v) is 4.11. The van der Waals surface area contributed by atoms with Gasteiger partial charge in [-0.05, 0) is 36.5 Å². The molecule has 0 bridgehead atoms. The maximum Gasteiger partial charge on any atom is 0.309 e. The molecule has 0 radical (unpaired) electrons. The summed E-state index contributed by atoms with van der Waals surface area (Å²) < 4.78 is 9.24. The predicted octanol–water partition coefficient (Wildman–Crippen LogP) is 4.66. The Labute approximate surface area is 180 Å². The molecule has 0 saturated carbocycles. The first-order chi connectivity index (χ1) is 15.2. The number of rotatable bonds is 5. The van der Waals surface area contributed by atoms with Crippen LogP contribution in [0.4, 0.5) is 0 Å². The SMILES string of the molecule is Cn1cc(-c2ccc3c(C4=CCC(C(=O)OCc5ccccc5)CC4)cnn3c2)cn1. The molecule has 0 N–H and O–H groups in total. The Morgan fingerprint density at radius 1 is 1.06 bits per heavy atom. The Balaban J connectivity index is 1.28. The van der Waals surface area contributed by atoms with Crippen molar-refractivity contribution in [2.75, 3.05) is 0 Å². The second-order valence-electron chi connectivity index (χ2n) is 8.00. The van der Waals surface area contributed by atoms with Crippen molar-refractivity contribution in [1.82, 2.24) is 19.4 Å². The summed E-state index contributed by atoms with van der Waals surface area (Å²) in [6.07, 6.45) is 12.3. The lowest BCUT2D eigenvalue weighted by atomic mass is 9.87. The molecule has 1 aliphatic rings. The summed E-state index contributed by atoms with van der Waals surface area (Å²) in [5.74, 6) is -0.188. The van der Waals surface area contributed by atoms with Crippen LogP contribution in [0.3, 0.4) is 0 Å². The zero-order chi connectivity index (χ0) is 21.2. The third-order valence-corrected chi connectivity index (χ3v) is 5.87. The van der Waals surface area contributed by atoms with E-state index in [-0.39, 0.29) is 11.9 Å². The Morgan fingerprint density at radius 2 is 1.94 bits per heavy atom. The van der Waals surface area contributed by atoms with Crippen molar-refractivity contribution in [3.63, 3.8) is 0 Å². The largest absolute Gasteiger partial charge is 0.461 e. The number of aromatic nitrogens is 4. The molecule has 5 rings (SSSR count). The zero-order valence-corrected chi connectivity index (χ0v) is 17.4. The predicted molar refractivity (Wildman–Crippen MR) is 119 cm³/mol. The summed E-state index contributed by atoms with van der Waals surface area (Å²) in [5, 5.41) is 8.80. The van der Waals surface area contributed by atoms with Gasteiger partial charge >= 0.3 is 5.97 Å². The second kappa shape index (κ2) is 8.22. The highest BCUT2D eigenvalue weighted by Crippen LogP contribution is 2.33. The molecule has 0 spiro atoms. The highest BCUT2D eigenvalue weighted by atomic mass is 16.5. The molecule has 1 aromatic carbocycles. The van der Waals surface area contributed by atoms with E-state index >= 15 is 0 Å². The Kier molecular flexibility index (Phi) is 5.12. The quantitative estimate of drug-likeness (QED) is 0.447. The molecule has 0 saturated heterocycles. The van der Waals surface area contributed by atoms with Crippen molar-refractivity contribution >= 4 is 17.1 Å². The van der Waals surface area contributed by atoms with E-state index in [4.69, 9.17) is 4.74 Å². The molecule has 3 heterocycles. The van der Waals surface area contributed by atoms with Crippen molar-refractivity contribution in [3.05, 3.63) is 84.5 Å². The van der Waals surface area contributed by atoms with Gasteiger partial charge in [-0.15, -0.1) is 0 Å². The van der Waals surface area contributed by atoms with Crippen LogP contribution in [0.25, 0.3) is 22.2 Å². The van der Waals surface area contributed by atoms with E-state index in [0.717, 1.165) is 40.6 Å². The number of aryl methyl sites for hydroxylation is 1. The van der Waals surface area contributed by atoms with Gasteiger partial charge in [0.2, 0.25) is 0 Å². The number of carbonyl (C=O) groups excluding carboxylic acids is 1. The van der Waals surface area contributed by atoms with Crippen molar-refractivity contribution < 1.29 is 9.53 Å². The number of fused-ring (bicyclic) bond motifs is 1. The lowest BCUT2D eigenvalue weighted by Crippen LogP contribution is -2.19. The number of hydrogen-bond acceptors (Lipinski definition) is 4. The molecule has 0 aliphatic heterocycles. The Bertz CT molecular complexity index is 1250. The van der Waals surface area contributed by atoms with E-state index in [1.807, 2.05) is 66.7 Å². The normalized spacial score (nSPS) is 16.3. The number of benzene rings is 1. The maximum atomic E-state index is 12.5. The van der Waals surface area contributed by atoms with Crippen molar-refractivity contribution in [2.24, 2.45) is 13.0 Å². The van der Waals surface area contributed by atoms with Crippen LogP contribution in [0.1, 0.15) is 30.4 Å². The molecule has 4 aromatic rings. The minimum Gasteiger partial charge on any atom is -0.461 e. The molecule has 6 heteroatoms. The molecule has 0 amide bonds. The summed E-state index contributed by atoms with van der Waals surface area (Å²) in [4.78, 5) is 12.5. The number of pyridine rings is 1. The molecule has 31 heavy (non-hydrogen) atoms. The molecular weight excluding hydrogens is 388 g/mol. The minimum atomic E-state index is -0.111. The first-order valence-electron chi connectivity index (χ1n) is 10.5. The van der Waals surface area contributed by atoms with Gasteiger partial charge in [0.1, 0.15) is 6.61 Å². The first kappa shape index (κ1) is 19.3. The summed E-state index contributed by atoms with van der Waals surface area (Å²) in [7, 11) is 1.91. The van der Waals surface area contributed by atoms with Gasteiger partial charge in [0, 0.05) is 36.1 Å². The van der Waals surface area contributed by atoms with Crippen LogP contribution in [0.5, 0.6) is 0 Å². The number of ether oxygens (including phenoxy) is 1. The number of carbonyl (C=O) groups is 1. The molecule has 156 valence electrons. The lowest BCUT2D eigenvalue weighted by Gasteiger charge is -2.20. The molecule has 6 nitrogen and oxygen atoms in total. The van der Waals surface area contributed by atoms with E-state index in [0.29, 0.717) is 13.0 Å². The van der Waals surface area contributed by atoms with Gasteiger partial charge in [0.05, 0.1) is 23.8 Å². The second-order valence-corrected chi connectivity index (χ2v) is 8.00. The molecule has 3 aromatic heterocycles. The van der Waals surface area contributed by atoms with E-state index in [1.165, 1.54) is 5.57 Å². The zero-order valence-electron chi connectivity index (χ0n) is 17.4. The van der Waals surface area contributed by atoms with Crippen LogP contribution in [0.2, 0.25) is 0 Å². The van der Waals surface area contributed by atoms with E-state index < -0.39 is 0 Å². The molecular formula is C25H24N4O2. The van der Waals surface area contributed by atoms with Gasteiger partial charge in [-0.1, -0.05) is 42.5 Å². The summed E-state index contributed by atoms with van der Waals surface area (Å²) in [6, 6.07) is 14.0. The third-order valence-electron chi connectivity index (χ3n) is 5.87. The van der Waals surface area contributed by atoms with Crippen LogP contribution in [0, 0.1) is 5.92 Å². The van der Waals surface area contributed by atoms with E-state index in [9.17, 15) is 4.79 Å². The molecule has 1 atom stereocenters. The van der Waals surface area contributed by atoms with Gasteiger partial charge in [0.25, 0.3) is 0 Å². The van der Waals surface area contributed by atoms with Gasteiger partial charge in [-0.2, -0.15) is 10.2 Å². The van der Waals surface area contributed by atoms with Crippen LogP contribution in [-0.2, 0) is 23.2 Å². The monoisotopic (exact) mass is 412 g/mol. The smallest absolute Gasteiger partial charge is 0.309 e. The Hall–Kier alpha value is -3.67. The number of esters is 1. The maximum absolute atomic E-state index is 12.5. The van der Waals surface area contributed by atoms with Gasteiger partial charge < -0.3 is 4.74 Å². The van der Waals surface area contributed by atoms with Gasteiger partial charge in [-0.3, -0.25) is 9.48 Å². The standard InChI is InChI=1S/C25H24N4O2/c1-28-15-22(13-26-28)21-11-12-24-23(14-27-29(24)16-21)19-7-9-20(10-8-19)25(30)31-17-18-5-3-2-4-6-18/h2-7,11-16,20H,8-10,17H2,1H3. The number of nitrogens with zero attached hydrogens (tertiary/aromatic N) is 4. The highest BCUT2D eigenvalue weighted by Gasteiger charge is 2.24. The Morgan fingerprint density at radius 3 is 2.68 bits per heavy atom. The summed E-state index contributed by atoms with van der Waals surface area (Å²) in [5.41, 5.74) is 6.61. The highest BCUT2D eigenvalue weighted by molar-refractivity contribution is 5.81. The third kappa shape index (κ3) is 4.01. The fraction of sp³-hybridized carbons (Fsp3) is 0.240. The van der Waals surface area contributed by atoms with E-state index in [1.54, 1.807) is 4.68 Å². The number of hydrogen-bond donors (Lipinski definition) is 0. The van der Waals surface area contributed by atoms with Gasteiger partial charge in [0.15, 0.2) is 0 Å². The lowest BCUT2D eigenvalue weighted by molar-refractivity contribution is -0.150. The van der Waals surface area contributed by atoms with Crippen LogP contribution >= 0.6 is 0 Å². The average Bonchev–Trinajstić information content (AvgIpc) is 3.44. The van der Waals surface area contributed by atoms with Crippen LogP contribution < -0.4 is 0 Å². The van der Waals surface area contributed by atoms with Crippen LogP contribution in [0.15, 0.2) is 73.3 Å². The average molecular weight is 412 g/mol. The molecule has 0 fully saturated rings. The van der Waals surface area contributed by atoms with Crippen molar-refractivity contribution in [1.29, 1.82) is 0 Å².